The zero-order valence-electron chi connectivity index (χ0n) is 22.7. The van der Waals surface area contributed by atoms with Gasteiger partial charge in [-0.05, 0) is 68.7 Å². The third-order valence-electron chi connectivity index (χ3n) is 6.75. The number of carbonyl (C=O) groups excluding carboxylic acids is 2. The topological polar surface area (TPSA) is 105 Å². The molecule has 0 unspecified atom stereocenters. The Kier molecular flexibility index (Phi) is 10.4. The van der Waals surface area contributed by atoms with Crippen LogP contribution in [-0.2, 0) is 26.2 Å². The van der Waals surface area contributed by atoms with E-state index in [4.69, 9.17) is 9.47 Å². The fourth-order valence-electron chi connectivity index (χ4n) is 4.57. The van der Waals surface area contributed by atoms with Crippen molar-refractivity contribution in [3.8, 4) is 11.5 Å². The fourth-order valence-corrected chi connectivity index (χ4v) is 5.42. The number of nitrogens with zero attached hydrogens (tertiary/aromatic N) is 2. The van der Waals surface area contributed by atoms with E-state index in [1.807, 2.05) is 19.1 Å². The van der Waals surface area contributed by atoms with Crippen LogP contribution >= 0.6 is 0 Å². The molecule has 1 N–H and O–H groups in total. The van der Waals surface area contributed by atoms with E-state index in [9.17, 15) is 18.0 Å². The molecule has 0 spiro atoms. The lowest BCUT2D eigenvalue weighted by Gasteiger charge is -2.33. The van der Waals surface area contributed by atoms with Crippen molar-refractivity contribution in [1.82, 2.24) is 10.2 Å². The zero-order chi connectivity index (χ0) is 27.7. The molecular weight excluding hydrogens is 506 g/mol. The van der Waals surface area contributed by atoms with Gasteiger partial charge < -0.3 is 19.7 Å². The van der Waals surface area contributed by atoms with Crippen LogP contribution in [0, 0.1) is 0 Å². The second kappa shape index (κ2) is 13.5. The standard InChI is InChI=1S/C28H39N3O6S/c1-5-37-26-17-13-24(14-18-26)31(38(4,34)35)20-27(32)30(19-22-11-15-25(36-3)16-12-22)21(2)28(33)29-23-9-7-6-8-10-23/h11-18,21,23H,5-10,19-20H2,1-4H3,(H,29,33)/t21-/m1/s1. The SMILES string of the molecule is CCOc1ccc(N(CC(=O)N(Cc2ccc(OC)cc2)[C@H](C)C(=O)NC2CCCCC2)S(C)(=O)=O)cc1. The van der Waals surface area contributed by atoms with Gasteiger partial charge in [0.2, 0.25) is 21.8 Å². The number of ether oxygens (including phenoxy) is 2. The van der Waals surface area contributed by atoms with Crippen molar-refractivity contribution in [2.45, 2.75) is 64.6 Å². The Morgan fingerprint density at radius 2 is 1.61 bits per heavy atom. The molecule has 0 bridgehead atoms. The van der Waals surface area contributed by atoms with Crippen LogP contribution in [0.25, 0.3) is 0 Å². The van der Waals surface area contributed by atoms with E-state index in [1.54, 1.807) is 50.4 Å². The van der Waals surface area contributed by atoms with Gasteiger partial charge in [-0.1, -0.05) is 31.4 Å². The molecule has 0 aliphatic heterocycles. The molecule has 0 heterocycles. The van der Waals surface area contributed by atoms with Gasteiger partial charge in [0.05, 0.1) is 25.7 Å². The number of amides is 2. The summed E-state index contributed by atoms with van der Waals surface area (Å²) in [6.07, 6.45) is 6.20. The predicted octanol–water partition coefficient (Wildman–Crippen LogP) is 3.73. The number of sulfonamides is 1. The Hall–Kier alpha value is -3.27. The summed E-state index contributed by atoms with van der Waals surface area (Å²) >= 11 is 0. The first-order chi connectivity index (χ1) is 18.1. The Balaban J connectivity index is 1.85. The fraction of sp³-hybridized carbons (Fsp3) is 0.500. The predicted molar refractivity (Wildman–Crippen MR) is 148 cm³/mol. The molecule has 10 heteroatoms. The quantitative estimate of drug-likeness (QED) is 0.436. The highest BCUT2D eigenvalue weighted by molar-refractivity contribution is 7.92. The molecule has 1 saturated carbocycles. The van der Waals surface area contributed by atoms with E-state index >= 15 is 0 Å². The maximum Gasteiger partial charge on any atom is 0.244 e. The van der Waals surface area contributed by atoms with Gasteiger partial charge in [-0.2, -0.15) is 0 Å². The average Bonchev–Trinajstić information content (AvgIpc) is 2.91. The average molecular weight is 546 g/mol. The smallest absolute Gasteiger partial charge is 0.244 e. The third-order valence-corrected chi connectivity index (χ3v) is 7.89. The van der Waals surface area contributed by atoms with Crippen LogP contribution in [0.15, 0.2) is 48.5 Å². The number of methoxy groups -OCH3 is 1. The lowest BCUT2D eigenvalue weighted by atomic mass is 9.95. The summed E-state index contributed by atoms with van der Waals surface area (Å²) in [6, 6.07) is 13.0. The molecular formula is C28H39N3O6S. The minimum atomic E-state index is -3.79. The molecule has 2 aromatic carbocycles. The summed E-state index contributed by atoms with van der Waals surface area (Å²) in [5, 5.41) is 3.09. The van der Waals surface area contributed by atoms with E-state index in [1.165, 1.54) is 4.90 Å². The summed E-state index contributed by atoms with van der Waals surface area (Å²) in [6.45, 7) is 3.72. The summed E-state index contributed by atoms with van der Waals surface area (Å²) in [7, 11) is -2.22. The maximum absolute atomic E-state index is 13.7. The van der Waals surface area contributed by atoms with Gasteiger partial charge >= 0.3 is 0 Å². The molecule has 38 heavy (non-hydrogen) atoms. The second-order valence-electron chi connectivity index (χ2n) is 9.59. The normalized spacial score (nSPS) is 14.8. The van der Waals surface area contributed by atoms with E-state index in [-0.39, 0.29) is 18.5 Å². The molecule has 0 aromatic heterocycles. The number of nitrogens with one attached hydrogen (secondary N) is 1. The molecule has 2 aromatic rings. The number of rotatable bonds is 12. The Morgan fingerprint density at radius 3 is 2.16 bits per heavy atom. The molecule has 3 rings (SSSR count). The summed E-state index contributed by atoms with van der Waals surface area (Å²) in [5.41, 5.74) is 1.14. The van der Waals surface area contributed by atoms with Gasteiger partial charge in [0.25, 0.3) is 0 Å². The molecule has 1 aliphatic carbocycles. The highest BCUT2D eigenvalue weighted by Gasteiger charge is 2.31. The first-order valence-corrected chi connectivity index (χ1v) is 14.9. The van der Waals surface area contributed by atoms with Crippen LogP contribution in [0.5, 0.6) is 11.5 Å². The molecule has 0 radical (unpaired) electrons. The second-order valence-corrected chi connectivity index (χ2v) is 11.5. The van der Waals surface area contributed by atoms with E-state index in [0.717, 1.165) is 48.2 Å². The van der Waals surface area contributed by atoms with Gasteiger partial charge in [-0.15, -0.1) is 0 Å². The van der Waals surface area contributed by atoms with E-state index < -0.39 is 28.5 Å². The summed E-state index contributed by atoms with van der Waals surface area (Å²) < 4.78 is 37.2. The Bertz CT molecular complexity index is 1160. The first kappa shape index (κ1) is 29.3. The monoisotopic (exact) mass is 545 g/mol. The van der Waals surface area contributed by atoms with Crippen molar-refractivity contribution in [3.05, 3.63) is 54.1 Å². The molecule has 0 saturated heterocycles. The number of carbonyl (C=O) groups is 2. The molecule has 2 amide bonds. The van der Waals surface area contributed by atoms with Gasteiger partial charge in [-0.25, -0.2) is 8.42 Å². The Morgan fingerprint density at radius 1 is 1.00 bits per heavy atom. The highest BCUT2D eigenvalue weighted by Crippen LogP contribution is 2.23. The van der Waals surface area contributed by atoms with Crippen molar-refractivity contribution in [2.24, 2.45) is 0 Å². The van der Waals surface area contributed by atoms with Crippen LogP contribution in [-0.4, -0.2) is 63.7 Å². The van der Waals surface area contributed by atoms with Crippen molar-refractivity contribution in [3.63, 3.8) is 0 Å². The minimum absolute atomic E-state index is 0.0908. The van der Waals surface area contributed by atoms with Crippen LogP contribution in [0.3, 0.4) is 0 Å². The largest absolute Gasteiger partial charge is 0.497 e. The molecule has 1 aliphatic rings. The van der Waals surface area contributed by atoms with Crippen LogP contribution < -0.4 is 19.1 Å². The summed E-state index contributed by atoms with van der Waals surface area (Å²) in [4.78, 5) is 28.4. The lowest BCUT2D eigenvalue weighted by molar-refractivity contribution is -0.139. The van der Waals surface area contributed by atoms with Gasteiger partial charge in [0.15, 0.2) is 0 Å². The molecule has 1 atom stereocenters. The number of hydrogen-bond acceptors (Lipinski definition) is 6. The minimum Gasteiger partial charge on any atom is -0.497 e. The summed E-state index contributed by atoms with van der Waals surface area (Å²) in [5.74, 6) is 0.552. The third kappa shape index (κ3) is 8.11. The van der Waals surface area contributed by atoms with E-state index in [0.29, 0.717) is 23.8 Å². The van der Waals surface area contributed by atoms with Crippen molar-refractivity contribution in [2.75, 3.05) is 30.8 Å². The van der Waals surface area contributed by atoms with Crippen molar-refractivity contribution in [1.29, 1.82) is 0 Å². The Labute approximate surface area is 226 Å². The van der Waals surface area contributed by atoms with Crippen LogP contribution in [0.1, 0.15) is 51.5 Å². The molecule has 208 valence electrons. The maximum atomic E-state index is 13.7. The van der Waals surface area contributed by atoms with Gasteiger partial charge in [-0.3, -0.25) is 13.9 Å². The van der Waals surface area contributed by atoms with Gasteiger partial charge in [0, 0.05) is 12.6 Å². The number of anilines is 1. The van der Waals surface area contributed by atoms with Crippen molar-refractivity contribution >= 4 is 27.5 Å². The zero-order valence-corrected chi connectivity index (χ0v) is 23.5. The van der Waals surface area contributed by atoms with Crippen molar-refractivity contribution < 1.29 is 27.5 Å². The first-order valence-electron chi connectivity index (χ1n) is 13.1. The lowest BCUT2D eigenvalue weighted by Crippen LogP contribution is -2.52. The molecule has 9 nitrogen and oxygen atoms in total. The van der Waals surface area contributed by atoms with Crippen LogP contribution in [0.4, 0.5) is 5.69 Å². The van der Waals surface area contributed by atoms with Crippen LogP contribution in [0.2, 0.25) is 0 Å². The van der Waals surface area contributed by atoms with Gasteiger partial charge in [0.1, 0.15) is 24.1 Å². The number of hydrogen-bond donors (Lipinski definition) is 1. The molecule has 1 fully saturated rings. The number of benzene rings is 2. The highest BCUT2D eigenvalue weighted by atomic mass is 32.2. The van der Waals surface area contributed by atoms with E-state index in [2.05, 4.69) is 5.32 Å².